The molecule has 1 fully saturated rings. The van der Waals surface area contributed by atoms with Gasteiger partial charge in [0.05, 0.1) is 6.10 Å². The van der Waals surface area contributed by atoms with Crippen LogP contribution in [0.2, 0.25) is 0 Å². The van der Waals surface area contributed by atoms with Gasteiger partial charge in [-0.2, -0.15) is 0 Å². The molecular weight excluding hydrogens is 344 g/mol. The molecule has 2 N–H and O–H groups in total. The molecule has 26 heavy (non-hydrogen) atoms. The van der Waals surface area contributed by atoms with Crippen LogP contribution in [0.4, 0.5) is 0 Å². The zero-order valence-corrected chi connectivity index (χ0v) is 15.7. The molecular formula is C21H24N2O2S. The minimum Gasteiger partial charge on any atom is -0.393 e. The van der Waals surface area contributed by atoms with Gasteiger partial charge in [0, 0.05) is 28.8 Å². The van der Waals surface area contributed by atoms with Crippen LogP contribution in [0.3, 0.4) is 0 Å². The van der Waals surface area contributed by atoms with Gasteiger partial charge in [0.1, 0.15) is 5.03 Å². The van der Waals surface area contributed by atoms with Crippen molar-refractivity contribution in [1.82, 2.24) is 10.3 Å². The second-order valence-corrected chi connectivity index (χ2v) is 7.72. The van der Waals surface area contributed by atoms with E-state index in [-0.39, 0.29) is 18.1 Å². The van der Waals surface area contributed by atoms with Gasteiger partial charge in [-0.15, -0.1) is 0 Å². The number of rotatable bonds is 5. The molecule has 0 aliphatic heterocycles. The first-order chi connectivity index (χ1) is 12.6. The van der Waals surface area contributed by atoms with Gasteiger partial charge in [-0.05, 0) is 56.9 Å². The maximum absolute atomic E-state index is 12.2. The van der Waals surface area contributed by atoms with Gasteiger partial charge in [0.2, 0.25) is 5.91 Å². The third-order valence-electron chi connectivity index (χ3n) is 4.49. The predicted octanol–water partition coefficient (Wildman–Crippen LogP) is 3.97. The van der Waals surface area contributed by atoms with Gasteiger partial charge in [-0.25, -0.2) is 4.98 Å². The molecule has 4 nitrogen and oxygen atoms in total. The molecule has 0 unspecified atom stereocenters. The molecule has 0 bridgehead atoms. The van der Waals surface area contributed by atoms with Crippen LogP contribution >= 0.6 is 11.8 Å². The molecule has 2 aromatic rings. The highest BCUT2D eigenvalue weighted by Crippen LogP contribution is 2.29. The minimum atomic E-state index is -0.213. The average molecular weight is 369 g/mol. The molecule has 5 heteroatoms. The summed E-state index contributed by atoms with van der Waals surface area (Å²) >= 11 is 1.59. The van der Waals surface area contributed by atoms with Crippen molar-refractivity contribution in [1.29, 1.82) is 0 Å². The van der Waals surface area contributed by atoms with E-state index in [4.69, 9.17) is 0 Å². The SMILES string of the molecule is Cc1ccc(Sc2ncccc2C=CC(=O)NC2CCC(O)CC2)cc1. The van der Waals surface area contributed by atoms with Crippen molar-refractivity contribution in [3.63, 3.8) is 0 Å². The lowest BCUT2D eigenvalue weighted by atomic mass is 9.93. The summed E-state index contributed by atoms with van der Waals surface area (Å²) in [5.41, 5.74) is 2.15. The lowest BCUT2D eigenvalue weighted by Gasteiger charge is -2.25. The van der Waals surface area contributed by atoms with Crippen molar-refractivity contribution in [2.45, 2.75) is 54.7 Å². The molecule has 1 amide bonds. The molecule has 1 aliphatic carbocycles. The number of hydrogen-bond donors (Lipinski definition) is 2. The lowest BCUT2D eigenvalue weighted by molar-refractivity contribution is -0.117. The van der Waals surface area contributed by atoms with Crippen LogP contribution in [-0.2, 0) is 4.79 Å². The maximum Gasteiger partial charge on any atom is 0.244 e. The van der Waals surface area contributed by atoms with Crippen LogP contribution in [-0.4, -0.2) is 28.1 Å². The van der Waals surface area contributed by atoms with Gasteiger partial charge in [-0.1, -0.05) is 35.5 Å². The smallest absolute Gasteiger partial charge is 0.244 e. The summed E-state index contributed by atoms with van der Waals surface area (Å²) in [7, 11) is 0. The number of nitrogens with one attached hydrogen (secondary N) is 1. The number of nitrogens with zero attached hydrogens (tertiary/aromatic N) is 1. The normalized spacial score (nSPS) is 20.2. The quantitative estimate of drug-likeness (QED) is 0.784. The Morgan fingerprint density at radius 2 is 1.92 bits per heavy atom. The Morgan fingerprint density at radius 3 is 2.65 bits per heavy atom. The summed E-state index contributed by atoms with van der Waals surface area (Å²) in [6.45, 7) is 2.06. The summed E-state index contributed by atoms with van der Waals surface area (Å²) in [6.07, 6.45) is 8.13. The molecule has 1 aromatic carbocycles. The second kappa shape index (κ2) is 9.01. The lowest BCUT2D eigenvalue weighted by Crippen LogP contribution is -2.37. The van der Waals surface area contributed by atoms with Gasteiger partial charge in [-0.3, -0.25) is 4.79 Å². The maximum atomic E-state index is 12.2. The fraction of sp³-hybridized carbons (Fsp3) is 0.333. The number of aromatic nitrogens is 1. The first-order valence-corrected chi connectivity index (χ1v) is 9.78. The third-order valence-corrected chi connectivity index (χ3v) is 5.54. The van der Waals surface area contributed by atoms with E-state index in [2.05, 4.69) is 41.5 Å². The molecule has 0 radical (unpaired) electrons. The van der Waals surface area contributed by atoms with Gasteiger partial charge >= 0.3 is 0 Å². The Morgan fingerprint density at radius 1 is 1.19 bits per heavy atom. The second-order valence-electron chi connectivity index (χ2n) is 6.66. The van der Waals surface area contributed by atoms with Crippen molar-refractivity contribution < 1.29 is 9.90 Å². The Kier molecular flexibility index (Phi) is 6.47. The Bertz CT molecular complexity index is 766. The fourth-order valence-corrected chi connectivity index (χ4v) is 3.83. The molecule has 1 aromatic heterocycles. The average Bonchev–Trinajstić information content (AvgIpc) is 2.65. The third kappa shape index (κ3) is 5.44. The highest BCUT2D eigenvalue weighted by molar-refractivity contribution is 7.99. The van der Waals surface area contributed by atoms with E-state index in [9.17, 15) is 9.90 Å². The van der Waals surface area contributed by atoms with Crippen molar-refractivity contribution in [2.24, 2.45) is 0 Å². The Labute approximate surface area is 158 Å². The molecule has 136 valence electrons. The number of aryl methyl sites for hydroxylation is 1. The first-order valence-electron chi connectivity index (χ1n) is 8.96. The van der Waals surface area contributed by atoms with Crippen LogP contribution in [0.15, 0.2) is 58.6 Å². The largest absolute Gasteiger partial charge is 0.393 e. The van der Waals surface area contributed by atoms with Gasteiger partial charge in [0.15, 0.2) is 0 Å². The molecule has 1 heterocycles. The number of amides is 1. The van der Waals surface area contributed by atoms with Crippen LogP contribution in [0.5, 0.6) is 0 Å². The first kappa shape index (κ1) is 18.7. The van der Waals surface area contributed by atoms with E-state index >= 15 is 0 Å². The molecule has 1 aliphatic rings. The summed E-state index contributed by atoms with van der Waals surface area (Å²) in [5, 5.41) is 13.4. The predicted molar refractivity (Wildman–Crippen MR) is 105 cm³/mol. The van der Waals surface area contributed by atoms with Gasteiger partial charge in [0.25, 0.3) is 0 Å². The zero-order chi connectivity index (χ0) is 18.4. The van der Waals surface area contributed by atoms with E-state index in [0.717, 1.165) is 41.2 Å². The van der Waals surface area contributed by atoms with E-state index in [1.165, 1.54) is 5.56 Å². The number of aliphatic hydroxyl groups excluding tert-OH is 1. The van der Waals surface area contributed by atoms with E-state index in [0.29, 0.717) is 0 Å². The van der Waals surface area contributed by atoms with E-state index in [1.54, 1.807) is 24.0 Å². The Hall–Kier alpha value is -2.11. The van der Waals surface area contributed by atoms with Crippen molar-refractivity contribution in [3.8, 4) is 0 Å². The number of carbonyl (C=O) groups excluding carboxylic acids is 1. The van der Waals surface area contributed by atoms with Crippen LogP contribution in [0.25, 0.3) is 6.08 Å². The number of carbonyl (C=O) groups is 1. The van der Waals surface area contributed by atoms with E-state index < -0.39 is 0 Å². The summed E-state index contributed by atoms with van der Waals surface area (Å²) in [5.74, 6) is -0.0958. The standard InChI is InChI=1S/C21H24N2O2S/c1-15-4-11-19(12-5-15)26-21-16(3-2-14-22-21)6-13-20(25)23-17-7-9-18(24)10-8-17/h2-6,11-14,17-18,24H,7-10H2,1H3,(H,23,25). The summed E-state index contributed by atoms with van der Waals surface area (Å²) in [4.78, 5) is 17.8. The number of aliphatic hydroxyl groups is 1. The number of benzene rings is 1. The molecule has 1 saturated carbocycles. The van der Waals surface area contributed by atoms with Crippen molar-refractivity contribution in [2.75, 3.05) is 0 Å². The highest BCUT2D eigenvalue weighted by Gasteiger charge is 2.19. The highest BCUT2D eigenvalue weighted by atomic mass is 32.2. The Balaban J connectivity index is 1.62. The van der Waals surface area contributed by atoms with Crippen LogP contribution in [0, 0.1) is 6.92 Å². The molecule has 0 atom stereocenters. The monoisotopic (exact) mass is 368 g/mol. The van der Waals surface area contributed by atoms with Crippen molar-refractivity contribution in [3.05, 3.63) is 59.8 Å². The minimum absolute atomic E-state index is 0.0958. The summed E-state index contributed by atoms with van der Waals surface area (Å²) in [6, 6.07) is 12.3. The van der Waals surface area contributed by atoms with Crippen LogP contribution in [0.1, 0.15) is 36.8 Å². The van der Waals surface area contributed by atoms with Gasteiger partial charge < -0.3 is 10.4 Å². The number of pyridine rings is 1. The number of hydrogen-bond acceptors (Lipinski definition) is 4. The fourth-order valence-electron chi connectivity index (χ4n) is 2.97. The van der Waals surface area contributed by atoms with Crippen LogP contribution < -0.4 is 5.32 Å². The molecule has 0 saturated heterocycles. The topological polar surface area (TPSA) is 62.2 Å². The van der Waals surface area contributed by atoms with Crippen molar-refractivity contribution >= 4 is 23.7 Å². The molecule has 3 rings (SSSR count). The summed E-state index contributed by atoms with van der Waals surface area (Å²) < 4.78 is 0. The molecule has 0 spiro atoms. The van der Waals surface area contributed by atoms with E-state index in [1.807, 2.05) is 18.2 Å². The zero-order valence-electron chi connectivity index (χ0n) is 14.9.